The van der Waals surface area contributed by atoms with E-state index in [1.165, 1.54) is 6.07 Å². The first-order valence-electron chi connectivity index (χ1n) is 9.88. The molecule has 1 heterocycles. The van der Waals surface area contributed by atoms with Gasteiger partial charge < -0.3 is 14.8 Å². The number of nitrogens with one attached hydrogen (secondary N) is 2. The van der Waals surface area contributed by atoms with Crippen LogP contribution in [-0.4, -0.2) is 27.5 Å². The summed E-state index contributed by atoms with van der Waals surface area (Å²) < 4.78 is 39.4. The lowest BCUT2D eigenvalue weighted by Gasteiger charge is -2.18. The van der Waals surface area contributed by atoms with Crippen LogP contribution >= 0.6 is 11.6 Å². The van der Waals surface area contributed by atoms with Crippen molar-refractivity contribution in [3.8, 4) is 11.5 Å². The van der Waals surface area contributed by atoms with Crippen LogP contribution in [0.15, 0.2) is 65.6 Å². The van der Waals surface area contributed by atoms with E-state index in [9.17, 15) is 13.2 Å². The number of para-hydroxylation sites is 1. The molecule has 0 fully saturated rings. The Balaban J connectivity index is 1.50. The molecule has 0 saturated carbocycles. The lowest BCUT2D eigenvalue weighted by Crippen LogP contribution is -2.18. The second-order valence-electron chi connectivity index (χ2n) is 7.27. The molecule has 2 N–H and O–H groups in total. The lowest BCUT2D eigenvalue weighted by molar-refractivity contribution is -0.115. The zero-order valence-electron chi connectivity index (χ0n) is 17.2. The summed E-state index contributed by atoms with van der Waals surface area (Å²) in [6, 6.07) is 16.6. The minimum Gasteiger partial charge on any atom is -0.486 e. The summed E-state index contributed by atoms with van der Waals surface area (Å²) in [6.45, 7) is 2.64. The average Bonchev–Trinajstić information content (AvgIpc) is 2.76. The van der Waals surface area contributed by atoms with E-state index >= 15 is 0 Å². The van der Waals surface area contributed by atoms with Crippen molar-refractivity contribution in [2.45, 2.75) is 18.2 Å². The van der Waals surface area contributed by atoms with Crippen molar-refractivity contribution >= 4 is 38.9 Å². The van der Waals surface area contributed by atoms with Crippen molar-refractivity contribution in [2.24, 2.45) is 0 Å². The fraction of sp³-hybridized carbons (Fsp3) is 0.174. The molecule has 0 unspecified atom stereocenters. The Bertz CT molecular complexity index is 1280. The third kappa shape index (κ3) is 4.98. The van der Waals surface area contributed by atoms with Crippen LogP contribution in [0.1, 0.15) is 11.1 Å². The summed E-state index contributed by atoms with van der Waals surface area (Å²) >= 11 is 6.08. The van der Waals surface area contributed by atoms with Crippen LogP contribution in [-0.2, 0) is 21.2 Å². The van der Waals surface area contributed by atoms with E-state index in [-0.39, 0.29) is 27.9 Å². The summed E-state index contributed by atoms with van der Waals surface area (Å²) in [4.78, 5) is 12.6. The Hall–Kier alpha value is -3.23. The SMILES string of the molecule is Cc1ccc(NC(=O)Cc2ccc3c(c2)OCCO3)cc1S(=O)(=O)Nc1ccccc1Cl. The molecule has 0 saturated heterocycles. The van der Waals surface area contributed by atoms with Gasteiger partial charge in [0.05, 0.1) is 22.0 Å². The molecule has 1 amide bonds. The highest BCUT2D eigenvalue weighted by Gasteiger charge is 2.20. The molecule has 3 aromatic carbocycles. The predicted molar refractivity (Wildman–Crippen MR) is 123 cm³/mol. The van der Waals surface area contributed by atoms with Gasteiger partial charge in [-0.25, -0.2) is 8.42 Å². The van der Waals surface area contributed by atoms with Crippen LogP contribution in [0.4, 0.5) is 11.4 Å². The van der Waals surface area contributed by atoms with Crippen LogP contribution in [0.2, 0.25) is 5.02 Å². The maximum atomic E-state index is 12.9. The topological polar surface area (TPSA) is 93.7 Å². The molecule has 1 aliphatic rings. The number of fused-ring (bicyclic) bond motifs is 1. The van der Waals surface area contributed by atoms with Crippen LogP contribution in [0, 0.1) is 6.92 Å². The lowest BCUT2D eigenvalue weighted by atomic mass is 10.1. The molecule has 7 nitrogen and oxygen atoms in total. The number of aryl methyl sites for hydroxylation is 1. The van der Waals surface area contributed by atoms with Gasteiger partial charge in [0.2, 0.25) is 5.91 Å². The minimum absolute atomic E-state index is 0.0505. The van der Waals surface area contributed by atoms with Crippen LogP contribution in [0.3, 0.4) is 0 Å². The first-order chi connectivity index (χ1) is 15.3. The fourth-order valence-corrected chi connectivity index (χ4v) is 4.89. The number of carbonyl (C=O) groups is 1. The predicted octanol–water partition coefficient (Wildman–Crippen LogP) is 4.40. The number of hydrogen-bond donors (Lipinski definition) is 2. The fourth-order valence-electron chi connectivity index (χ4n) is 3.30. The van der Waals surface area contributed by atoms with Crippen LogP contribution < -0.4 is 19.5 Å². The summed E-state index contributed by atoms with van der Waals surface area (Å²) in [5.74, 6) is 0.976. The second-order valence-corrected chi connectivity index (χ2v) is 9.33. The summed E-state index contributed by atoms with van der Waals surface area (Å²) in [5.41, 5.74) is 1.95. The molecule has 9 heteroatoms. The first kappa shape index (κ1) is 22.0. The molecule has 0 spiro atoms. The molecule has 0 aromatic heterocycles. The van der Waals surface area contributed by atoms with E-state index in [0.717, 1.165) is 5.56 Å². The summed E-state index contributed by atoms with van der Waals surface area (Å²) in [5, 5.41) is 3.05. The van der Waals surface area contributed by atoms with E-state index in [1.54, 1.807) is 61.5 Å². The van der Waals surface area contributed by atoms with E-state index in [2.05, 4.69) is 10.0 Å². The number of hydrogen-bond acceptors (Lipinski definition) is 5. The number of benzene rings is 3. The van der Waals surface area contributed by atoms with Crippen LogP contribution in [0.5, 0.6) is 11.5 Å². The first-order valence-corrected chi connectivity index (χ1v) is 11.7. The molecule has 0 bridgehead atoms. The molecule has 1 aliphatic heterocycles. The van der Waals surface area contributed by atoms with Gasteiger partial charge in [-0.15, -0.1) is 0 Å². The summed E-state index contributed by atoms with van der Waals surface area (Å²) in [6.07, 6.45) is 0.102. The minimum atomic E-state index is -3.91. The number of halogens is 1. The zero-order chi connectivity index (χ0) is 22.7. The maximum absolute atomic E-state index is 12.9. The zero-order valence-corrected chi connectivity index (χ0v) is 18.8. The average molecular weight is 473 g/mol. The van der Waals surface area contributed by atoms with Crippen molar-refractivity contribution in [1.82, 2.24) is 0 Å². The highest BCUT2D eigenvalue weighted by molar-refractivity contribution is 7.92. The van der Waals surface area contributed by atoms with Crippen molar-refractivity contribution in [1.29, 1.82) is 0 Å². The van der Waals surface area contributed by atoms with Crippen molar-refractivity contribution < 1.29 is 22.7 Å². The van der Waals surface area contributed by atoms with Gasteiger partial charge in [-0.3, -0.25) is 9.52 Å². The molecule has 32 heavy (non-hydrogen) atoms. The van der Waals surface area contributed by atoms with Crippen molar-refractivity contribution in [2.75, 3.05) is 23.3 Å². The van der Waals surface area contributed by atoms with E-state index in [4.69, 9.17) is 21.1 Å². The normalized spacial score (nSPS) is 12.8. The largest absolute Gasteiger partial charge is 0.486 e. The Morgan fingerprint density at radius 1 is 1.00 bits per heavy atom. The van der Waals surface area contributed by atoms with Crippen molar-refractivity contribution in [3.05, 3.63) is 76.8 Å². The van der Waals surface area contributed by atoms with Gasteiger partial charge in [0.1, 0.15) is 13.2 Å². The Kier molecular flexibility index (Phi) is 6.25. The second kappa shape index (κ2) is 9.10. The third-order valence-electron chi connectivity index (χ3n) is 4.85. The molecule has 0 atom stereocenters. The third-order valence-corrected chi connectivity index (χ3v) is 6.69. The van der Waals surface area contributed by atoms with Gasteiger partial charge in [0, 0.05) is 5.69 Å². The standard InChI is InChI=1S/C23H21ClN2O5S/c1-15-6-8-17(14-22(15)32(28,29)26-19-5-3-2-4-18(19)24)25-23(27)13-16-7-9-20-21(12-16)31-11-10-30-20/h2-9,12,14,26H,10-11,13H2,1H3,(H,25,27). The number of amides is 1. The van der Waals surface area contributed by atoms with Gasteiger partial charge in [0.25, 0.3) is 10.0 Å². The monoisotopic (exact) mass is 472 g/mol. The van der Waals surface area contributed by atoms with Gasteiger partial charge in [-0.2, -0.15) is 0 Å². The number of rotatable bonds is 6. The van der Waals surface area contributed by atoms with Gasteiger partial charge >= 0.3 is 0 Å². The number of anilines is 2. The Morgan fingerprint density at radius 3 is 2.53 bits per heavy atom. The number of sulfonamides is 1. The quantitative estimate of drug-likeness (QED) is 0.554. The van der Waals surface area contributed by atoms with Gasteiger partial charge in [-0.1, -0.05) is 35.9 Å². The van der Waals surface area contributed by atoms with Gasteiger partial charge in [0.15, 0.2) is 11.5 Å². The van der Waals surface area contributed by atoms with Crippen LogP contribution in [0.25, 0.3) is 0 Å². The Labute approximate surface area is 191 Å². The summed E-state index contributed by atoms with van der Waals surface area (Å²) in [7, 11) is -3.91. The van der Waals surface area contributed by atoms with Crippen molar-refractivity contribution in [3.63, 3.8) is 0 Å². The molecule has 4 rings (SSSR count). The maximum Gasteiger partial charge on any atom is 0.262 e. The number of ether oxygens (including phenoxy) is 2. The van der Waals surface area contributed by atoms with Gasteiger partial charge in [-0.05, 0) is 54.4 Å². The molecule has 3 aromatic rings. The highest BCUT2D eigenvalue weighted by Crippen LogP contribution is 2.31. The molecule has 0 radical (unpaired) electrons. The molecular formula is C23H21ClN2O5S. The number of carbonyl (C=O) groups excluding carboxylic acids is 1. The van der Waals surface area contributed by atoms with E-state index in [1.807, 2.05) is 0 Å². The Morgan fingerprint density at radius 2 is 1.75 bits per heavy atom. The van der Waals surface area contributed by atoms with E-state index < -0.39 is 10.0 Å². The highest BCUT2D eigenvalue weighted by atomic mass is 35.5. The molecule has 166 valence electrons. The van der Waals surface area contributed by atoms with E-state index in [0.29, 0.717) is 36.0 Å². The molecule has 0 aliphatic carbocycles. The molecular weight excluding hydrogens is 452 g/mol. The smallest absolute Gasteiger partial charge is 0.262 e.